The van der Waals surface area contributed by atoms with Crippen molar-refractivity contribution < 1.29 is 15.4 Å². The summed E-state index contributed by atoms with van der Waals surface area (Å²) in [5, 5.41) is 2.42. The topological polar surface area (TPSA) is 61.7 Å². The molecule has 13 rings (SSSR count). The Morgan fingerprint density at radius 3 is 1.68 bits per heavy atom. The van der Waals surface area contributed by atoms with Gasteiger partial charge in [0.25, 0.3) is 0 Å². The molecule has 4 heterocycles. The number of nitrogens with zero attached hydrogens (tertiary/aromatic N) is 5. The number of hydrogen-bond donors (Lipinski definition) is 0. The molecule has 0 aliphatic rings. The van der Waals surface area contributed by atoms with Crippen LogP contribution in [0.1, 0.15) is 11.0 Å². The van der Waals surface area contributed by atoms with E-state index in [1.165, 1.54) is 12.1 Å². The molecule has 6 nitrogen and oxygen atoms in total. The number of furan rings is 1. The lowest BCUT2D eigenvalue weighted by Crippen LogP contribution is -2.04. The van der Waals surface area contributed by atoms with E-state index in [0.717, 1.165) is 38.6 Å². The van der Waals surface area contributed by atoms with Crippen LogP contribution in [0.25, 0.3) is 122 Å². The Bertz CT molecular complexity index is 4320. The summed E-state index contributed by atoms with van der Waals surface area (Å²) >= 11 is 0. The van der Waals surface area contributed by atoms with Crippen molar-refractivity contribution in [3.63, 3.8) is 0 Å². The third kappa shape index (κ3) is 5.55. The fraction of sp³-hybridized carbons (Fsp3) is 0. The van der Waals surface area contributed by atoms with Crippen molar-refractivity contribution in [2.24, 2.45) is 0 Å². The van der Waals surface area contributed by atoms with Crippen LogP contribution >= 0.6 is 0 Å². The molecule has 0 aliphatic heterocycles. The lowest BCUT2D eigenvalue weighted by atomic mass is 9.98. The van der Waals surface area contributed by atoms with E-state index < -0.39 is 0 Å². The van der Waals surface area contributed by atoms with Gasteiger partial charge in [0.05, 0.1) is 38.7 Å². The predicted octanol–water partition coefficient (Wildman–Crippen LogP) is 14.6. The minimum Gasteiger partial charge on any atom is -0.455 e. The predicted molar refractivity (Wildman–Crippen MR) is 258 cm³/mol. The van der Waals surface area contributed by atoms with Crippen molar-refractivity contribution in [3.05, 3.63) is 212 Å². The number of rotatable bonds is 6. The zero-order valence-electron chi connectivity index (χ0n) is 41.2. The summed E-state index contributed by atoms with van der Waals surface area (Å²) in [6, 6.07) is 49.2. The average Bonchev–Trinajstić information content (AvgIpc) is 4.10. The van der Waals surface area contributed by atoms with Crippen LogP contribution in [-0.2, 0) is 0 Å². The van der Waals surface area contributed by atoms with Crippen LogP contribution in [0.15, 0.2) is 217 Å². The highest BCUT2D eigenvalue weighted by molar-refractivity contribution is 6.19. The standard InChI is InChI=1S/C57H35N5O/c1-4-17-36(18-5-1)55-58-56(37-19-6-2-7-20-37)60-57(59-55)47-33-38(40-26-16-27-44-43-25-12-15-30-53(43)63-54(40)44)31-32-50(47)62-49-29-14-11-24-42(49)46-34-45-41-23-10-13-28-48(41)61(51(45)35-52(46)62)39-21-8-3-9-22-39/h1-35H/i10D,11D,23D,24D,28D,29D,34D,35D. The maximum Gasteiger partial charge on any atom is 0.166 e. The normalized spacial score (nSPS) is 13.6. The third-order valence-corrected chi connectivity index (χ3v) is 11.7. The summed E-state index contributed by atoms with van der Waals surface area (Å²) in [6.07, 6.45) is 0. The van der Waals surface area contributed by atoms with Crippen molar-refractivity contribution in [2.45, 2.75) is 0 Å². The molecule has 13 aromatic rings. The number of hydrogen-bond acceptors (Lipinski definition) is 4. The first-order valence-corrected chi connectivity index (χ1v) is 20.5. The van der Waals surface area contributed by atoms with E-state index in [2.05, 4.69) is 0 Å². The number of aromatic nitrogens is 5. The van der Waals surface area contributed by atoms with Gasteiger partial charge in [0.2, 0.25) is 0 Å². The molecular weight excluding hydrogens is 771 g/mol. The molecule has 0 unspecified atom stereocenters. The maximum atomic E-state index is 10.4. The van der Waals surface area contributed by atoms with E-state index in [0.29, 0.717) is 34.2 Å². The molecule has 0 aliphatic carbocycles. The van der Waals surface area contributed by atoms with Crippen LogP contribution in [0.3, 0.4) is 0 Å². The highest BCUT2D eigenvalue weighted by atomic mass is 16.3. The summed E-state index contributed by atoms with van der Waals surface area (Å²) in [5.74, 6) is 1.06. The Balaban J connectivity index is 1.22. The van der Waals surface area contributed by atoms with E-state index in [1.807, 2.05) is 152 Å². The summed E-state index contributed by atoms with van der Waals surface area (Å²) in [5.41, 5.74) is 6.66. The number of para-hydroxylation sites is 5. The molecule has 0 spiro atoms. The van der Waals surface area contributed by atoms with Gasteiger partial charge in [0.1, 0.15) is 11.2 Å². The van der Waals surface area contributed by atoms with Gasteiger partial charge in [-0.05, 0) is 60.1 Å². The smallest absolute Gasteiger partial charge is 0.166 e. The number of benzene rings is 9. The summed E-state index contributed by atoms with van der Waals surface area (Å²) in [6.45, 7) is 0. The van der Waals surface area contributed by atoms with Gasteiger partial charge in [-0.25, -0.2) is 15.0 Å². The molecule has 9 aromatic carbocycles. The Kier molecular flexibility index (Phi) is 6.22. The first kappa shape index (κ1) is 28.0. The SMILES string of the molecule is [2H]c1cc([2H])c2c(c1[2H])c1c([2H])c3c4c([2H])c([2H])cc([2H])c4n(-c4ccc(-c5cccc6c5oc5ccccc56)cc4-c4nc(-c5ccccc5)nc(-c5ccccc5)n4)c3c([2H])c1n2-c1ccccc1. The molecule has 294 valence electrons. The Morgan fingerprint density at radius 1 is 0.397 bits per heavy atom. The fourth-order valence-electron chi connectivity index (χ4n) is 8.86. The zero-order valence-corrected chi connectivity index (χ0v) is 33.2. The quantitative estimate of drug-likeness (QED) is 0.168. The zero-order chi connectivity index (χ0) is 48.4. The molecule has 0 saturated heterocycles. The molecule has 0 N–H and O–H groups in total. The summed E-state index contributed by atoms with van der Waals surface area (Å²) < 4.78 is 85.8. The van der Waals surface area contributed by atoms with Crippen LogP contribution in [0.4, 0.5) is 0 Å². The molecule has 4 aromatic heterocycles. The summed E-state index contributed by atoms with van der Waals surface area (Å²) in [4.78, 5) is 15.4. The Morgan fingerprint density at radius 2 is 0.984 bits per heavy atom. The Hall–Kier alpha value is -8.61. The van der Waals surface area contributed by atoms with Crippen molar-refractivity contribution in [2.75, 3.05) is 0 Å². The van der Waals surface area contributed by atoms with Crippen molar-refractivity contribution in [1.82, 2.24) is 24.1 Å². The van der Waals surface area contributed by atoms with Crippen LogP contribution in [-0.4, -0.2) is 24.1 Å². The van der Waals surface area contributed by atoms with E-state index in [9.17, 15) is 8.22 Å². The van der Waals surface area contributed by atoms with Gasteiger partial charge in [-0.15, -0.1) is 0 Å². The second kappa shape index (κ2) is 14.0. The second-order valence-electron chi connectivity index (χ2n) is 15.3. The van der Waals surface area contributed by atoms with E-state index in [1.54, 1.807) is 9.13 Å². The monoisotopic (exact) mass is 813 g/mol. The van der Waals surface area contributed by atoms with Gasteiger partial charge in [-0.1, -0.05) is 158 Å². The van der Waals surface area contributed by atoms with Gasteiger partial charge >= 0.3 is 0 Å². The molecular formula is C57H35N5O. The summed E-state index contributed by atoms with van der Waals surface area (Å²) in [7, 11) is 0. The molecule has 0 fully saturated rings. The van der Waals surface area contributed by atoms with Crippen LogP contribution < -0.4 is 0 Å². The molecule has 0 bridgehead atoms. The van der Waals surface area contributed by atoms with Crippen LogP contribution in [0.2, 0.25) is 0 Å². The van der Waals surface area contributed by atoms with Crippen molar-refractivity contribution in [1.29, 1.82) is 0 Å². The highest BCUT2D eigenvalue weighted by Crippen LogP contribution is 2.43. The van der Waals surface area contributed by atoms with Gasteiger partial charge in [-0.2, -0.15) is 0 Å². The maximum absolute atomic E-state index is 10.4. The van der Waals surface area contributed by atoms with Crippen molar-refractivity contribution in [3.8, 4) is 56.7 Å². The van der Waals surface area contributed by atoms with Crippen molar-refractivity contribution >= 4 is 65.6 Å². The van der Waals surface area contributed by atoms with Gasteiger partial charge < -0.3 is 13.6 Å². The first-order valence-electron chi connectivity index (χ1n) is 24.5. The molecule has 6 heteroatoms. The third-order valence-electron chi connectivity index (χ3n) is 11.7. The van der Waals surface area contributed by atoms with E-state index in [4.69, 9.17) is 22.1 Å². The molecule has 0 atom stereocenters. The fourth-order valence-corrected chi connectivity index (χ4v) is 8.86. The number of fused-ring (bicyclic) bond motifs is 9. The van der Waals surface area contributed by atoms with Gasteiger partial charge in [0, 0.05) is 60.3 Å². The van der Waals surface area contributed by atoms with E-state index in [-0.39, 0.29) is 97.8 Å². The minimum absolute atomic E-state index is 0.0593. The van der Waals surface area contributed by atoms with E-state index >= 15 is 0 Å². The van der Waals surface area contributed by atoms with Crippen LogP contribution in [0, 0.1) is 0 Å². The van der Waals surface area contributed by atoms with Gasteiger partial charge in [-0.3, -0.25) is 0 Å². The second-order valence-corrected chi connectivity index (χ2v) is 15.3. The molecule has 63 heavy (non-hydrogen) atoms. The lowest BCUT2D eigenvalue weighted by Gasteiger charge is -2.16. The molecule has 0 saturated carbocycles. The minimum atomic E-state index is -0.250. The molecule has 0 amide bonds. The average molecular weight is 814 g/mol. The van der Waals surface area contributed by atoms with Crippen LogP contribution in [0.5, 0.6) is 0 Å². The largest absolute Gasteiger partial charge is 0.455 e. The lowest BCUT2D eigenvalue weighted by molar-refractivity contribution is 0.670. The molecule has 0 radical (unpaired) electrons. The first-order chi connectivity index (χ1) is 34.6. The highest BCUT2D eigenvalue weighted by Gasteiger charge is 2.23. The Labute approximate surface area is 372 Å². The van der Waals surface area contributed by atoms with Gasteiger partial charge in [0.15, 0.2) is 17.5 Å².